The summed E-state index contributed by atoms with van der Waals surface area (Å²) in [5.74, 6) is 0.0777. The Kier molecular flexibility index (Phi) is 14.3. The Hall–Kier alpha value is -2.97. The summed E-state index contributed by atoms with van der Waals surface area (Å²) in [6.45, 7) is 17.8. The lowest BCUT2D eigenvalue weighted by Gasteiger charge is -2.28. The van der Waals surface area contributed by atoms with Crippen molar-refractivity contribution in [2.24, 2.45) is 11.3 Å². The van der Waals surface area contributed by atoms with Crippen LogP contribution in [0.4, 0.5) is 9.59 Å². The maximum Gasteiger partial charge on any atom is 0.407 e. The van der Waals surface area contributed by atoms with E-state index in [0.717, 1.165) is 18.9 Å². The molecule has 0 rings (SSSR count). The molecule has 0 aromatic heterocycles. The number of alkyl carbamates (subject to hydrolysis) is 2. The molecule has 0 bridgehead atoms. The highest BCUT2D eigenvalue weighted by Gasteiger charge is 2.22. The lowest BCUT2D eigenvalue weighted by atomic mass is 9.80. The zero-order valence-electron chi connectivity index (χ0n) is 18.9. The van der Waals surface area contributed by atoms with Gasteiger partial charge in [0.25, 0.3) is 0 Å². The molecule has 9 heteroatoms. The highest BCUT2D eigenvalue weighted by atomic mass is 16.6. The van der Waals surface area contributed by atoms with E-state index in [9.17, 15) is 14.4 Å². The molecule has 0 aliphatic rings. The molecule has 2 N–H and O–H groups in total. The first kappa shape index (κ1) is 28.0. The molecule has 1 atom stereocenters. The molecule has 0 aromatic rings. The Balaban J connectivity index is 3.93. The van der Waals surface area contributed by atoms with Crippen LogP contribution in [0.1, 0.15) is 33.6 Å². The number of amides is 2. The van der Waals surface area contributed by atoms with Gasteiger partial charge in [0.15, 0.2) is 0 Å². The molecular weight excluding hydrogens is 404 g/mol. The van der Waals surface area contributed by atoms with Gasteiger partial charge in [0.05, 0.1) is 0 Å². The minimum absolute atomic E-state index is 0.0200. The number of esters is 1. The van der Waals surface area contributed by atoms with E-state index >= 15 is 0 Å². The Labute approximate surface area is 184 Å². The maximum absolute atomic E-state index is 11.7. The van der Waals surface area contributed by atoms with Gasteiger partial charge < -0.3 is 29.6 Å². The van der Waals surface area contributed by atoms with Crippen LogP contribution < -0.4 is 10.6 Å². The lowest BCUT2D eigenvalue weighted by molar-refractivity contribution is -0.138. The third-order valence-electron chi connectivity index (χ3n) is 4.13. The van der Waals surface area contributed by atoms with Gasteiger partial charge >= 0.3 is 18.2 Å². The van der Waals surface area contributed by atoms with E-state index in [1.165, 1.54) is 6.08 Å². The highest BCUT2D eigenvalue weighted by molar-refractivity contribution is 5.81. The molecule has 0 aliphatic heterocycles. The second-order valence-electron chi connectivity index (χ2n) is 7.69. The smallest absolute Gasteiger partial charge is 0.407 e. The van der Waals surface area contributed by atoms with E-state index in [4.69, 9.17) is 18.9 Å². The molecule has 2 amide bonds. The minimum atomic E-state index is -0.566. The minimum Gasteiger partial charge on any atom is -0.491 e. The predicted octanol–water partition coefficient (Wildman–Crippen LogP) is 3.33. The van der Waals surface area contributed by atoms with Crippen molar-refractivity contribution >= 4 is 18.2 Å². The summed E-state index contributed by atoms with van der Waals surface area (Å²) in [5.41, 5.74) is -0.0589. The van der Waals surface area contributed by atoms with Gasteiger partial charge in [0, 0.05) is 19.2 Å². The van der Waals surface area contributed by atoms with Gasteiger partial charge in [-0.1, -0.05) is 40.5 Å². The van der Waals surface area contributed by atoms with Crippen molar-refractivity contribution in [2.75, 3.05) is 39.5 Å². The first-order valence-electron chi connectivity index (χ1n) is 10.1. The van der Waals surface area contributed by atoms with Gasteiger partial charge in [-0.2, -0.15) is 0 Å². The summed E-state index contributed by atoms with van der Waals surface area (Å²) in [6.07, 6.45) is 3.02. The number of allylic oxidation sites excluding steroid dienone is 1. The Morgan fingerprint density at radius 2 is 1.45 bits per heavy atom. The summed E-state index contributed by atoms with van der Waals surface area (Å²) < 4.78 is 19.8. The lowest BCUT2D eigenvalue weighted by Crippen LogP contribution is -2.33. The molecule has 31 heavy (non-hydrogen) atoms. The number of hydrogen-bond donors (Lipinski definition) is 2. The number of nitrogens with one attached hydrogen (secondary N) is 2. The van der Waals surface area contributed by atoms with Crippen molar-refractivity contribution in [1.82, 2.24) is 10.6 Å². The number of carbonyl (C=O) groups is 3. The van der Waals surface area contributed by atoms with Gasteiger partial charge in [-0.25, -0.2) is 14.4 Å². The van der Waals surface area contributed by atoms with E-state index in [-0.39, 0.29) is 37.8 Å². The largest absolute Gasteiger partial charge is 0.491 e. The van der Waals surface area contributed by atoms with Crippen LogP contribution in [0.25, 0.3) is 0 Å². The van der Waals surface area contributed by atoms with Crippen molar-refractivity contribution in [3.8, 4) is 0 Å². The molecule has 0 heterocycles. The van der Waals surface area contributed by atoms with Crippen LogP contribution in [0.5, 0.6) is 0 Å². The monoisotopic (exact) mass is 440 g/mol. The molecule has 0 saturated carbocycles. The van der Waals surface area contributed by atoms with Gasteiger partial charge in [0.1, 0.15) is 32.2 Å². The fourth-order valence-corrected chi connectivity index (χ4v) is 2.68. The van der Waals surface area contributed by atoms with Crippen molar-refractivity contribution in [2.45, 2.75) is 33.6 Å². The highest BCUT2D eigenvalue weighted by Crippen LogP contribution is 2.28. The van der Waals surface area contributed by atoms with Crippen LogP contribution in [0.3, 0.4) is 0 Å². The van der Waals surface area contributed by atoms with E-state index in [1.807, 2.05) is 6.92 Å². The summed E-state index contributed by atoms with van der Waals surface area (Å²) in [7, 11) is 0. The van der Waals surface area contributed by atoms with E-state index in [1.54, 1.807) is 0 Å². The molecule has 9 nitrogen and oxygen atoms in total. The van der Waals surface area contributed by atoms with Crippen molar-refractivity contribution < 1.29 is 33.3 Å². The second kappa shape index (κ2) is 15.8. The van der Waals surface area contributed by atoms with E-state index in [0.29, 0.717) is 18.8 Å². The molecule has 0 aliphatic carbocycles. The molecule has 1 unspecified atom stereocenters. The Morgan fingerprint density at radius 1 is 0.903 bits per heavy atom. The maximum atomic E-state index is 11.7. The first-order valence-corrected chi connectivity index (χ1v) is 10.1. The van der Waals surface area contributed by atoms with E-state index in [2.05, 4.69) is 44.2 Å². The standard InChI is InChI=1S/C22H36N2O7/c1-7-18(4)28-11-13-31-21(27)24-16-17(3)15-22(5,6)9-10-23-20(26)30-14-12-29-19(25)8-2/h7-8,17H,1-2,4,9-16H2,3,5-6H3,(H,23,26)(H,24,27). The summed E-state index contributed by atoms with van der Waals surface area (Å²) in [4.78, 5) is 34.2. The summed E-state index contributed by atoms with van der Waals surface area (Å²) >= 11 is 0. The van der Waals surface area contributed by atoms with Crippen LogP contribution in [-0.2, 0) is 23.7 Å². The zero-order valence-corrected chi connectivity index (χ0v) is 18.9. The molecule has 0 fully saturated rings. The van der Waals surface area contributed by atoms with Crippen LogP contribution in [-0.4, -0.2) is 57.7 Å². The summed E-state index contributed by atoms with van der Waals surface area (Å²) in [6, 6.07) is 0. The quantitative estimate of drug-likeness (QED) is 0.0945. The van der Waals surface area contributed by atoms with Gasteiger partial charge in [0.2, 0.25) is 0 Å². The predicted molar refractivity (Wildman–Crippen MR) is 117 cm³/mol. The summed E-state index contributed by atoms with van der Waals surface area (Å²) in [5, 5.41) is 5.40. The normalized spacial score (nSPS) is 11.5. The fourth-order valence-electron chi connectivity index (χ4n) is 2.68. The molecule has 176 valence electrons. The molecule has 0 radical (unpaired) electrons. The number of carbonyl (C=O) groups excluding carboxylic acids is 3. The number of rotatable bonds is 16. The van der Waals surface area contributed by atoms with Crippen LogP contribution >= 0.6 is 0 Å². The van der Waals surface area contributed by atoms with Crippen LogP contribution in [0.2, 0.25) is 0 Å². The Morgan fingerprint density at radius 3 is 2.03 bits per heavy atom. The second-order valence-corrected chi connectivity index (χ2v) is 7.69. The average Bonchev–Trinajstić information content (AvgIpc) is 2.71. The third-order valence-corrected chi connectivity index (χ3v) is 4.13. The van der Waals surface area contributed by atoms with Crippen LogP contribution in [0, 0.1) is 11.3 Å². The third kappa shape index (κ3) is 16.5. The molecule has 0 spiro atoms. The Bertz CT molecular complexity index is 617. The average molecular weight is 441 g/mol. The van der Waals surface area contributed by atoms with Crippen LogP contribution in [0.15, 0.2) is 37.6 Å². The van der Waals surface area contributed by atoms with Gasteiger partial charge in [-0.05, 0) is 30.3 Å². The zero-order chi connectivity index (χ0) is 23.7. The topological polar surface area (TPSA) is 112 Å². The molecule has 0 aromatic carbocycles. The first-order chi connectivity index (χ1) is 14.6. The van der Waals surface area contributed by atoms with Crippen molar-refractivity contribution in [3.63, 3.8) is 0 Å². The van der Waals surface area contributed by atoms with E-state index < -0.39 is 18.2 Å². The van der Waals surface area contributed by atoms with Crippen molar-refractivity contribution in [1.29, 1.82) is 0 Å². The molecule has 0 saturated heterocycles. The number of hydrogen-bond acceptors (Lipinski definition) is 7. The SMILES string of the molecule is C=CC(=C)OCCOC(=O)NCC(C)CC(C)(C)CCNC(=O)OCCOC(=O)C=C. The van der Waals surface area contributed by atoms with Gasteiger partial charge in [-0.3, -0.25) is 0 Å². The number of ether oxygens (including phenoxy) is 4. The fraction of sp³-hybridized carbons (Fsp3) is 0.591. The molecular formula is C22H36N2O7. The van der Waals surface area contributed by atoms with Crippen molar-refractivity contribution in [3.05, 3.63) is 37.6 Å². The van der Waals surface area contributed by atoms with Gasteiger partial charge in [-0.15, -0.1) is 0 Å².